The van der Waals surface area contributed by atoms with E-state index in [1.165, 1.54) is 0 Å². The summed E-state index contributed by atoms with van der Waals surface area (Å²) >= 11 is 5.83. The van der Waals surface area contributed by atoms with Crippen molar-refractivity contribution in [1.29, 1.82) is 0 Å². The Balaban J connectivity index is 3.17. The molecule has 0 fully saturated rings. The SMILES string of the molecule is CCOC(=O)C(Cc1ccc(Cl)cc1)(CC(C)C)C(=O)O. The molecule has 0 heterocycles. The van der Waals surface area contributed by atoms with Crippen LogP contribution in [-0.4, -0.2) is 23.7 Å². The summed E-state index contributed by atoms with van der Waals surface area (Å²) in [6.45, 7) is 5.60. The van der Waals surface area contributed by atoms with Gasteiger partial charge in [0.2, 0.25) is 0 Å². The van der Waals surface area contributed by atoms with Gasteiger partial charge in [-0.3, -0.25) is 9.59 Å². The molecule has 0 aromatic heterocycles. The third kappa shape index (κ3) is 4.46. The molecule has 1 rings (SSSR count). The highest BCUT2D eigenvalue weighted by molar-refractivity contribution is 6.30. The molecule has 21 heavy (non-hydrogen) atoms. The molecule has 0 saturated heterocycles. The molecule has 0 bridgehead atoms. The van der Waals surface area contributed by atoms with Gasteiger partial charge in [0.25, 0.3) is 0 Å². The topological polar surface area (TPSA) is 63.6 Å². The zero-order valence-electron chi connectivity index (χ0n) is 12.6. The summed E-state index contributed by atoms with van der Waals surface area (Å²) in [5, 5.41) is 10.2. The van der Waals surface area contributed by atoms with E-state index in [9.17, 15) is 14.7 Å². The zero-order chi connectivity index (χ0) is 16.0. The molecule has 0 aliphatic heterocycles. The van der Waals surface area contributed by atoms with E-state index in [0.717, 1.165) is 5.56 Å². The Hall–Kier alpha value is -1.55. The number of esters is 1. The molecule has 4 nitrogen and oxygen atoms in total. The minimum atomic E-state index is -1.56. The fourth-order valence-corrected chi connectivity index (χ4v) is 2.52. The maximum Gasteiger partial charge on any atom is 0.323 e. The van der Waals surface area contributed by atoms with E-state index in [0.29, 0.717) is 5.02 Å². The Morgan fingerprint density at radius 2 is 1.86 bits per heavy atom. The summed E-state index contributed by atoms with van der Waals surface area (Å²) in [7, 11) is 0. The van der Waals surface area contributed by atoms with Crippen LogP contribution in [-0.2, 0) is 20.7 Å². The normalized spacial score (nSPS) is 13.8. The molecule has 0 saturated carbocycles. The Labute approximate surface area is 130 Å². The van der Waals surface area contributed by atoms with E-state index in [2.05, 4.69) is 0 Å². The second-order valence-corrected chi connectivity index (χ2v) is 5.95. The van der Waals surface area contributed by atoms with Crippen molar-refractivity contribution in [2.45, 2.75) is 33.6 Å². The predicted octanol–water partition coefficient (Wildman–Crippen LogP) is 3.56. The van der Waals surface area contributed by atoms with E-state index < -0.39 is 17.4 Å². The van der Waals surface area contributed by atoms with Crippen molar-refractivity contribution in [3.8, 4) is 0 Å². The quantitative estimate of drug-likeness (QED) is 0.617. The van der Waals surface area contributed by atoms with E-state index in [1.54, 1.807) is 31.2 Å². The molecule has 1 atom stereocenters. The molecular weight excluding hydrogens is 292 g/mol. The van der Waals surface area contributed by atoms with Crippen LogP contribution in [0, 0.1) is 11.3 Å². The van der Waals surface area contributed by atoms with Crippen molar-refractivity contribution >= 4 is 23.5 Å². The van der Waals surface area contributed by atoms with Crippen LogP contribution in [0.4, 0.5) is 0 Å². The summed E-state index contributed by atoms with van der Waals surface area (Å²) in [5.41, 5.74) is -0.812. The molecule has 1 unspecified atom stereocenters. The predicted molar refractivity (Wildman–Crippen MR) is 81.3 cm³/mol. The van der Waals surface area contributed by atoms with Crippen LogP contribution in [0.3, 0.4) is 0 Å². The first-order chi connectivity index (χ1) is 9.81. The highest BCUT2D eigenvalue weighted by Gasteiger charge is 2.48. The van der Waals surface area contributed by atoms with Crippen LogP contribution in [0.15, 0.2) is 24.3 Å². The van der Waals surface area contributed by atoms with Gasteiger partial charge in [-0.15, -0.1) is 0 Å². The van der Waals surface area contributed by atoms with E-state index >= 15 is 0 Å². The van der Waals surface area contributed by atoms with Crippen LogP contribution < -0.4 is 0 Å². The molecule has 0 aliphatic carbocycles. The average molecular weight is 313 g/mol. The molecule has 116 valence electrons. The number of halogens is 1. The third-order valence-electron chi connectivity index (χ3n) is 3.25. The van der Waals surface area contributed by atoms with Gasteiger partial charge in [-0.2, -0.15) is 0 Å². The van der Waals surface area contributed by atoms with Crippen LogP contribution in [0.2, 0.25) is 5.02 Å². The molecule has 0 amide bonds. The lowest BCUT2D eigenvalue weighted by molar-refractivity contribution is -0.170. The van der Waals surface area contributed by atoms with Crippen molar-refractivity contribution in [2.75, 3.05) is 6.61 Å². The Bertz CT molecular complexity index is 496. The smallest absolute Gasteiger partial charge is 0.323 e. The van der Waals surface area contributed by atoms with Gasteiger partial charge >= 0.3 is 11.9 Å². The molecule has 0 spiro atoms. The summed E-state index contributed by atoms with van der Waals surface area (Å²) in [6, 6.07) is 6.84. The van der Waals surface area contributed by atoms with Crippen molar-refractivity contribution in [1.82, 2.24) is 0 Å². The Morgan fingerprint density at radius 1 is 1.29 bits per heavy atom. The lowest BCUT2D eigenvalue weighted by atomic mass is 9.75. The van der Waals surface area contributed by atoms with Gasteiger partial charge in [-0.25, -0.2) is 0 Å². The van der Waals surface area contributed by atoms with Gasteiger partial charge in [0.15, 0.2) is 5.41 Å². The fourth-order valence-electron chi connectivity index (χ4n) is 2.39. The summed E-state index contributed by atoms with van der Waals surface area (Å²) in [6.07, 6.45) is 0.320. The highest BCUT2D eigenvalue weighted by atomic mass is 35.5. The van der Waals surface area contributed by atoms with Crippen LogP contribution in [0.1, 0.15) is 32.8 Å². The largest absolute Gasteiger partial charge is 0.480 e. The molecule has 0 aliphatic rings. The highest BCUT2D eigenvalue weighted by Crippen LogP contribution is 2.33. The number of carboxylic acid groups (broad SMARTS) is 1. The maximum absolute atomic E-state index is 12.3. The van der Waals surface area contributed by atoms with E-state index in [1.807, 2.05) is 13.8 Å². The van der Waals surface area contributed by atoms with Gasteiger partial charge in [-0.1, -0.05) is 37.6 Å². The molecule has 1 aromatic carbocycles. The number of hydrogen-bond donors (Lipinski definition) is 1. The second kappa shape index (κ2) is 7.46. The summed E-state index contributed by atoms with van der Waals surface area (Å²) < 4.78 is 5.02. The third-order valence-corrected chi connectivity index (χ3v) is 3.50. The number of carboxylic acids is 1. The summed E-state index contributed by atoms with van der Waals surface area (Å²) in [4.78, 5) is 24.1. The summed E-state index contributed by atoms with van der Waals surface area (Å²) in [5.74, 6) is -1.77. The number of hydrogen-bond acceptors (Lipinski definition) is 3. The van der Waals surface area contributed by atoms with Gasteiger partial charge in [-0.05, 0) is 43.4 Å². The number of carbonyl (C=O) groups excluding carboxylic acids is 1. The van der Waals surface area contributed by atoms with Crippen LogP contribution >= 0.6 is 11.6 Å². The zero-order valence-corrected chi connectivity index (χ0v) is 13.3. The van der Waals surface area contributed by atoms with Crippen molar-refractivity contribution in [3.63, 3.8) is 0 Å². The van der Waals surface area contributed by atoms with Gasteiger partial charge < -0.3 is 9.84 Å². The van der Waals surface area contributed by atoms with Crippen LogP contribution in [0.25, 0.3) is 0 Å². The molecule has 0 radical (unpaired) electrons. The minimum Gasteiger partial charge on any atom is -0.480 e. The van der Waals surface area contributed by atoms with Gasteiger partial charge in [0.1, 0.15) is 0 Å². The van der Waals surface area contributed by atoms with E-state index in [-0.39, 0.29) is 25.4 Å². The number of benzene rings is 1. The first-order valence-electron chi connectivity index (χ1n) is 6.97. The Kier molecular flexibility index (Phi) is 6.21. The average Bonchev–Trinajstić information content (AvgIpc) is 2.40. The molecule has 1 N–H and O–H groups in total. The van der Waals surface area contributed by atoms with Crippen molar-refractivity contribution in [2.24, 2.45) is 11.3 Å². The molecular formula is C16H21ClO4. The Morgan fingerprint density at radius 3 is 2.29 bits per heavy atom. The molecule has 5 heteroatoms. The maximum atomic E-state index is 12.3. The first kappa shape index (κ1) is 17.5. The van der Waals surface area contributed by atoms with Gasteiger partial charge in [0, 0.05) is 5.02 Å². The first-order valence-corrected chi connectivity index (χ1v) is 7.34. The van der Waals surface area contributed by atoms with E-state index in [4.69, 9.17) is 16.3 Å². The number of ether oxygens (including phenoxy) is 1. The standard InChI is InChI=1S/C16H21ClO4/c1-4-21-15(20)16(14(18)19,9-11(2)3)10-12-5-7-13(17)8-6-12/h5-8,11H,4,9-10H2,1-3H3,(H,18,19). The van der Waals surface area contributed by atoms with Crippen molar-refractivity contribution in [3.05, 3.63) is 34.9 Å². The lowest BCUT2D eigenvalue weighted by Gasteiger charge is -2.29. The number of aliphatic carboxylic acids is 1. The van der Waals surface area contributed by atoms with Gasteiger partial charge in [0.05, 0.1) is 6.61 Å². The van der Waals surface area contributed by atoms with Crippen LogP contribution in [0.5, 0.6) is 0 Å². The number of carbonyl (C=O) groups is 2. The lowest BCUT2D eigenvalue weighted by Crippen LogP contribution is -2.43. The molecule has 1 aromatic rings. The number of rotatable bonds is 7. The minimum absolute atomic E-state index is 0.0535. The fraction of sp³-hybridized carbons (Fsp3) is 0.500. The second-order valence-electron chi connectivity index (χ2n) is 5.51. The monoisotopic (exact) mass is 312 g/mol. The van der Waals surface area contributed by atoms with Crippen molar-refractivity contribution < 1.29 is 19.4 Å².